The molecule has 2 aromatic rings. The van der Waals surface area contributed by atoms with Gasteiger partial charge in [-0.2, -0.15) is 0 Å². The summed E-state index contributed by atoms with van der Waals surface area (Å²) >= 11 is -2.13. The molecular formula is C24H22Cl2F2SiZr. The van der Waals surface area contributed by atoms with Crippen LogP contribution in [0.5, 0.6) is 0 Å². The normalized spacial score (nSPS) is 14.4. The first-order chi connectivity index (χ1) is 13.5. The molecule has 0 nitrogen and oxygen atoms in total. The number of hydrogen-bond donors (Lipinski definition) is 0. The van der Waals surface area contributed by atoms with Gasteiger partial charge in [0.2, 0.25) is 0 Å². The summed E-state index contributed by atoms with van der Waals surface area (Å²) in [6, 6.07) is 13.9. The van der Waals surface area contributed by atoms with E-state index in [1.807, 2.05) is 12.1 Å². The standard InChI is InChI=1S/2C11H8F.C2H6Si.2ClH.Zr/c2*12-11-7-3-6-10(8-11)9-4-1-2-5-9;1-3-2;;;/h2*1,3-4,6-8H,2H2;1-2H3;2*1H;/q;;;;;+2/p-2. The fourth-order valence-corrected chi connectivity index (χ4v) is 22.0. The maximum absolute atomic E-state index is 13.9. The van der Waals surface area contributed by atoms with Crippen molar-refractivity contribution < 1.29 is 54.0 Å². The molecule has 0 aromatic heterocycles. The van der Waals surface area contributed by atoms with Gasteiger partial charge in [-0.05, 0) is 0 Å². The summed E-state index contributed by atoms with van der Waals surface area (Å²) in [4.78, 5) is 0. The molecule has 2 aromatic carbocycles. The summed E-state index contributed by atoms with van der Waals surface area (Å²) in [7, 11) is 0. The van der Waals surface area contributed by atoms with Crippen molar-refractivity contribution in [2.24, 2.45) is 0 Å². The van der Waals surface area contributed by atoms with E-state index in [4.69, 9.17) is 0 Å². The maximum atomic E-state index is 13.9. The van der Waals surface area contributed by atoms with E-state index >= 15 is 0 Å². The molecule has 0 aliphatic heterocycles. The Bertz CT molecular complexity index is 1030. The molecule has 0 radical (unpaired) electrons. The molecule has 4 rings (SSSR count). The molecule has 0 saturated heterocycles. The van der Waals surface area contributed by atoms with Crippen molar-refractivity contribution >= 4 is 16.6 Å². The van der Waals surface area contributed by atoms with Gasteiger partial charge in [-0.25, -0.2) is 0 Å². The Morgan fingerprint density at radius 3 is 1.53 bits per heavy atom. The summed E-state index contributed by atoms with van der Waals surface area (Å²) < 4.78 is 30.8. The topological polar surface area (TPSA) is 0 Å². The fraction of sp³-hybridized carbons (Fsp3) is 0.167. The third kappa shape index (κ3) is 5.22. The second kappa shape index (κ2) is 11.0. The molecule has 0 saturated carbocycles. The molecule has 0 N–H and O–H groups in total. The first-order valence-corrected chi connectivity index (χ1v) is 18.2. The zero-order valence-corrected chi connectivity index (χ0v) is 21.8. The third-order valence-corrected chi connectivity index (χ3v) is 22.5. The maximum Gasteiger partial charge on any atom is -1.00 e. The van der Waals surface area contributed by atoms with Gasteiger partial charge < -0.3 is 24.8 Å². The average molecular weight is 539 g/mol. The summed E-state index contributed by atoms with van der Waals surface area (Å²) in [6.45, 7) is 4.84. The summed E-state index contributed by atoms with van der Waals surface area (Å²) in [5, 5.41) is 0. The quantitative estimate of drug-likeness (QED) is 0.508. The average Bonchev–Trinajstić information content (AvgIpc) is 3.32. The van der Waals surface area contributed by atoms with E-state index in [0.29, 0.717) is 0 Å². The molecule has 0 fully saturated rings. The molecule has 0 bridgehead atoms. The number of benzene rings is 2. The second-order valence-electron chi connectivity index (χ2n) is 7.39. The Balaban J connectivity index is 0.00000160. The minimum Gasteiger partial charge on any atom is -1.00 e. The van der Waals surface area contributed by atoms with Crippen molar-refractivity contribution in [3.05, 3.63) is 102 Å². The van der Waals surface area contributed by atoms with Crippen LogP contribution in [0.3, 0.4) is 0 Å². The summed E-state index contributed by atoms with van der Waals surface area (Å²) in [5.74, 6) is -0.369. The van der Waals surface area contributed by atoms with Crippen LogP contribution in [0.15, 0.2) is 79.4 Å². The van der Waals surface area contributed by atoms with E-state index in [1.165, 1.54) is 23.3 Å². The molecule has 6 heteroatoms. The molecule has 0 amide bonds. The van der Waals surface area contributed by atoms with Crippen LogP contribution in [0.2, 0.25) is 13.1 Å². The van der Waals surface area contributed by atoms with Gasteiger partial charge in [-0.1, -0.05) is 0 Å². The SMILES string of the molecule is C[Si](C)=[Zr+2]([C]1=C(c2cccc(F)c2)C=CC1)[C]1=C(c2cccc(F)c2)C=CC1.[Cl-].[Cl-]. The van der Waals surface area contributed by atoms with E-state index < -0.39 is 25.8 Å². The zero-order chi connectivity index (χ0) is 19.7. The molecule has 154 valence electrons. The smallest absolute Gasteiger partial charge is 1.00 e. The van der Waals surface area contributed by atoms with Gasteiger partial charge in [-0.15, -0.1) is 0 Å². The second-order valence-corrected chi connectivity index (χ2v) is 24.5. The van der Waals surface area contributed by atoms with Crippen LogP contribution in [0.4, 0.5) is 8.78 Å². The van der Waals surface area contributed by atoms with Gasteiger partial charge in [0.25, 0.3) is 0 Å². The number of halogens is 4. The van der Waals surface area contributed by atoms with Gasteiger partial charge >= 0.3 is 174 Å². The van der Waals surface area contributed by atoms with Gasteiger partial charge in [0.05, 0.1) is 0 Å². The largest absolute Gasteiger partial charge is 1.00 e. The minimum atomic E-state index is -2.13. The summed E-state index contributed by atoms with van der Waals surface area (Å²) in [5.41, 5.74) is 3.92. The van der Waals surface area contributed by atoms with Crippen LogP contribution < -0.4 is 24.8 Å². The molecule has 2 aliphatic carbocycles. The molecule has 0 heterocycles. The zero-order valence-electron chi connectivity index (χ0n) is 16.9. The molecule has 0 atom stereocenters. The molecule has 2 aliphatic rings. The Hall–Kier alpha value is -1.06. The van der Waals surface area contributed by atoms with Crippen molar-refractivity contribution in [3.63, 3.8) is 0 Å². The van der Waals surface area contributed by atoms with E-state index in [0.717, 1.165) is 24.0 Å². The van der Waals surface area contributed by atoms with Crippen LogP contribution in [0, 0.1) is 11.6 Å². The van der Waals surface area contributed by atoms with E-state index in [9.17, 15) is 8.78 Å². The van der Waals surface area contributed by atoms with Gasteiger partial charge in [0, 0.05) is 0 Å². The molecule has 0 spiro atoms. The van der Waals surface area contributed by atoms with Crippen molar-refractivity contribution in [1.29, 1.82) is 0 Å². The first-order valence-electron chi connectivity index (χ1n) is 9.54. The van der Waals surface area contributed by atoms with Gasteiger partial charge in [0.1, 0.15) is 0 Å². The Kier molecular flexibility index (Phi) is 9.24. The van der Waals surface area contributed by atoms with E-state index in [-0.39, 0.29) is 36.4 Å². The van der Waals surface area contributed by atoms with Gasteiger partial charge in [0.15, 0.2) is 0 Å². The number of allylic oxidation sites excluding steroid dienone is 8. The number of hydrogen-bond acceptors (Lipinski definition) is 0. The Morgan fingerprint density at radius 1 is 0.733 bits per heavy atom. The number of rotatable bonds is 4. The minimum absolute atomic E-state index is 0. The summed E-state index contributed by atoms with van der Waals surface area (Å²) in [6.07, 6.45) is 10.8. The predicted molar refractivity (Wildman–Crippen MR) is 112 cm³/mol. The van der Waals surface area contributed by atoms with Gasteiger partial charge in [-0.3, -0.25) is 0 Å². The van der Waals surface area contributed by atoms with E-state index in [1.54, 1.807) is 30.8 Å². The molecule has 30 heavy (non-hydrogen) atoms. The van der Waals surface area contributed by atoms with Crippen molar-refractivity contribution in [2.45, 2.75) is 25.9 Å². The third-order valence-electron chi connectivity index (χ3n) is 5.24. The Morgan fingerprint density at radius 2 is 1.17 bits per heavy atom. The molecular weight excluding hydrogens is 516 g/mol. The van der Waals surface area contributed by atoms with Crippen LogP contribution in [0.1, 0.15) is 24.0 Å². The Labute approximate surface area is 197 Å². The van der Waals surface area contributed by atoms with Crippen molar-refractivity contribution in [1.82, 2.24) is 0 Å². The van der Waals surface area contributed by atoms with Crippen LogP contribution in [0.25, 0.3) is 11.1 Å². The van der Waals surface area contributed by atoms with Crippen molar-refractivity contribution in [3.8, 4) is 0 Å². The van der Waals surface area contributed by atoms with Crippen LogP contribution in [-0.4, -0.2) is 5.43 Å². The van der Waals surface area contributed by atoms with Crippen molar-refractivity contribution in [2.75, 3.05) is 0 Å². The fourth-order valence-electron chi connectivity index (χ4n) is 4.12. The molecule has 0 unspecified atom stereocenters. The first kappa shape index (κ1) is 25.2. The van der Waals surface area contributed by atoms with E-state index in [2.05, 4.69) is 37.4 Å². The van der Waals surface area contributed by atoms with Crippen LogP contribution in [-0.2, 0) is 20.4 Å². The predicted octanol–water partition coefficient (Wildman–Crippen LogP) is 0.884. The monoisotopic (exact) mass is 536 g/mol. The van der Waals surface area contributed by atoms with Crippen LogP contribution >= 0.6 is 0 Å².